The standard InChI is InChI=1S/C10H8BrClN2S/c11-7-3-8(15-6-7)4-14-10-5-13-2-1-9(10)12/h1-3,5-6,14H,4H2. The van der Waals surface area contributed by atoms with Gasteiger partial charge in [0.05, 0.1) is 16.9 Å². The van der Waals surface area contributed by atoms with E-state index >= 15 is 0 Å². The van der Waals surface area contributed by atoms with Crippen molar-refractivity contribution in [2.24, 2.45) is 0 Å². The molecule has 2 heterocycles. The molecule has 0 aliphatic heterocycles. The Kier molecular flexibility index (Phi) is 3.61. The molecule has 0 saturated heterocycles. The lowest BCUT2D eigenvalue weighted by molar-refractivity contribution is 1.17. The fourth-order valence-corrected chi connectivity index (χ4v) is 2.70. The van der Waals surface area contributed by atoms with E-state index in [4.69, 9.17) is 11.6 Å². The van der Waals surface area contributed by atoms with Gasteiger partial charge in [0.25, 0.3) is 0 Å². The second kappa shape index (κ2) is 4.96. The minimum atomic E-state index is 0.695. The van der Waals surface area contributed by atoms with E-state index in [-0.39, 0.29) is 0 Å². The molecule has 0 radical (unpaired) electrons. The molecule has 1 N–H and O–H groups in total. The minimum Gasteiger partial charge on any atom is -0.378 e. The summed E-state index contributed by atoms with van der Waals surface area (Å²) < 4.78 is 1.11. The summed E-state index contributed by atoms with van der Waals surface area (Å²) in [6.07, 6.45) is 3.40. The molecule has 2 rings (SSSR count). The summed E-state index contributed by atoms with van der Waals surface area (Å²) in [5, 5.41) is 5.99. The first-order valence-electron chi connectivity index (χ1n) is 4.32. The second-order valence-corrected chi connectivity index (χ2v) is 5.26. The summed E-state index contributed by atoms with van der Waals surface area (Å²) in [4.78, 5) is 5.26. The van der Waals surface area contributed by atoms with Gasteiger partial charge in [0.2, 0.25) is 0 Å². The molecule has 2 aromatic rings. The zero-order valence-corrected chi connectivity index (χ0v) is 10.9. The lowest BCUT2D eigenvalue weighted by Gasteiger charge is -2.05. The van der Waals surface area contributed by atoms with Crippen molar-refractivity contribution in [2.45, 2.75) is 6.54 Å². The topological polar surface area (TPSA) is 24.9 Å². The van der Waals surface area contributed by atoms with E-state index in [1.807, 2.05) is 0 Å². The lowest BCUT2D eigenvalue weighted by atomic mass is 10.4. The quantitative estimate of drug-likeness (QED) is 0.920. The molecule has 0 fully saturated rings. The molecule has 0 spiro atoms. The fourth-order valence-electron chi connectivity index (χ4n) is 1.14. The summed E-state index contributed by atoms with van der Waals surface area (Å²) in [6.45, 7) is 0.766. The number of thiophene rings is 1. The number of hydrogen-bond donors (Lipinski definition) is 1. The first-order chi connectivity index (χ1) is 7.25. The maximum absolute atomic E-state index is 5.99. The van der Waals surface area contributed by atoms with Gasteiger partial charge in [-0.1, -0.05) is 11.6 Å². The Bertz CT molecular complexity index is 458. The van der Waals surface area contributed by atoms with Crippen LogP contribution in [0.15, 0.2) is 34.4 Å². The van der Waals surface area contributed by atoms with E-state index in [0.29, 0.717) is 5.02 Å². The first-order valence-corrected chi connectivity index (χ1v) is 6.37. The molecule has 0 amide bonds. The summed E-state index contributed by atoms with van der Waals surface area (Å²) in [6, 6.07) is 3.86. The molecule has 15 heavy (non-hydrogen) atoms. The molecule has 2 nitrogen and oxygen atoms in total. The summed E-state index contributed by atoms with van der Waals surface area (Å²) in [7, 11) is 0. The van der Waals surface area contributed by atoms with Crippen LogP contribution in [0.2, 0.25) is 5.02 Å². The van der Waals surface area contributed by atoms with Crippen molar-refractivity contribution in [3.8, 4) is 0 Å². The maximum Gasteiger partial charge on any atom is 0.0718 e. The van der Waals surface area contributed by atoms with Crippen LogP contribution in [0.25, 0.3) is 0 Å². The van der Waals surface area contributed by atoms with Crippen molar-refractivity contribution < 1.29 is 0 Å². The van der Waals surface area contributed by atoms with Crippen LogP contribution in [0.5, 0.6) is 0 Å². The fraction of sp³-hybridized carbons (Fsp3) is 0.100. The SMILES string of the molecule is Clc1ccncc1NCc1cc(Br)cs1. The van der Waals surface area contributed by atoms with Crippen LogP contribution >= 0.6 is 38.9 Å². The second-order valence-electron chi connectivity index (χ2n) is 2.94. The predicted molar refractivity (Wildman–Crippen MR) is 68.6 cm³/mol. The van der Waals surface area contributed by atoms with Crippen LogP contribution in [-0.2, 0) is 6.54 Å². The highest BCUT2D eigenvalue weighted by Gasteiger charge is 2.00. The minimum absolute atomic E-state index is 0.695. The smallest absolute Gasteiger partial charge is 0.0718 e. The largest absolute Gasteiger partial charge is 0.378 e. The van der Waals surface area contributed by atoms with Gasteiger partial charge >= 0.3 is 0 Å². The van der Waals surface area contributed by atoms with Gasteiger partial charge in [0.1, 0.15) is 0 Å². The van der Waals surface area contributed by atoms with Crippen molar-refractivity contribution in [3.05, 3.63) is 44.3 Å². The van der Waals surface area contributed by atoms with Crippen LogP contribution in [0.3, 0.4) is 0 Å². The molecule has 0 bridgehead atoms. The molecule has 0 aliphatic rings. The number of hydrogen-bond acceptors (Lipinski definition) is 3. The summed E-state index contributed by atoms with van der Waals surface area (Å²) >= 11 is 11.1. The Labute approximate surface area is 105 Å². The van der Waals surface area contributed by atoms with Crippen LogP contribution in [-0.4, -0.2) is 4.98 Å². The number of pyridine rings is 1. The van der Waals surface area contributed by atoms with Gasteiger partial charge in [-0.2, -0.15) is 0 Å². The highest BCUT2D eigenvalue weighted by Crippen LogP contribution is 2.23. The molecule has 0 unspecified atom stereocenters. The van der Waals surface area contributed by atoms with Gasteiger partial charge in [-0.15, -0.1) is 11.3 Å². The van der Waals surface area contributed by atoms with Crippen molar-refractivity contribution in [3.63, 3.8) is 0 Å². The average molecular weight is 304 g/mol. The molecular weight excluding hydrogens is 296 g/mol. The van der Waals surface area contributed by atoms with Gasteiger partial charge in [-0.05, 0) is 28.1 Å². The monoisotopic (exact) mass is 302 g/mol. The molecule has 0 aliphatic carbocycles. The van der Waals surface area contributed by atoms with E-state index in [0.717, 1.165) is 16.7 Å². The van der Waals surface area contributed by atoms with E-state index < -0.39 is 0 Å². The van der Waals surface area contributed by atoms with Crippen LogP contribution in [0, 0.1) is 0 Å². The van der Waals surface area contributed by atoms with E-state index in [1.54, 1.807) is 29.8 Å². The van der Waals surface area contributed by atoms with E-state index in [9.17, 15) is 0 Å². The summed E-state index contributed by atoms with van der Waals surface area (Å²) in [5.74, 6) is 0. The number of halogens is 2. The predicted octanol–water partition coefficient (Wildman–Crippen LogP) is 4.17. The van der Waals surface area contributed by atoms with E-state index in [1.165, 1.54) is 4.88 Å². The third kappa shape index (κ3) is 2.93. The molecule has 0 aromatic carbocycles. The summed E-state index contributed by atoms with van der Waals surface area (Å²) in [5.41, 5.74) is 0.865. The molecule has 0 saturated carbocycles. The Morgan fingerprint density at radius 2 is 2.40 bits per heavy atom. The van der Waals surface area contributed by atoms with Crippen LogP contribution in [0.4, 0.5) is 5.69 Å². The van der Waals surface area contributed by atoms with Gasteiger partial charge in [0, 0.05) is 27.5 Å². The third-order valence-corrected chi connectivity index (χ3v) is 3.87. The number of anilines is 1. The molecule has 78 valence electrons. The van der Waals surface area contributed by atoms with Gasteiger partial charge in [-0.25, -0.2) is 0 Å². The number of aromatic nitrogens is 1. The molecule has 2 aromatic heterocycles. The molecule has 0 atom stereocenters. The highest BCUT2D eigenvalue weighted by atomic mass is 79.9. The zero-order chi connectivity index (χ0) is 10.7. The van der Waals surface area contributed by atoms with Crippen LogP contribution in [0.1, 0.15) is 4.88 Å². The van der Waals surface area contributed by atoms with Crippen molar-refractivity contribution in [1.82, 2.24) is 4.98 Å². The molecular formula is C10H8BrClN2S. The van der Waals surface area contributed by atoms with Crippen molar-refractivity contribution in [2.75, 3.05) is 5.32 Å². The van der Waals surface area contributed by atoms with Gasteiger partial charge < -0.3 is 5.32 Å². The van der Waals surface area contributed by atoms with Gasteiger partial charge in [0.15, 0.2) is 0 Å². The highest BCUT2D eigenvalue weighted by molar-refractivity contribution is 9.10. The lowest BCUT2D eigenvalue weighted by Crippen LogP contribution is -1.98. The average Bonchev–Trinajstić information content (AvgIpc) is 2.63. The number of rotatable bonds is 3. The maximum atomic E-state index is 5.99. The Hall–Kier alpha value is -0.580. The van der Waals surface area contributed by atoms with Crippen LogP contribution < -0.4 is 5.32 Å². The van der Waals surface area contributed by atoms with Gasteiger partial charge in [-0.3, -0.25) is 4.98 Å². The van der Waals surface area contributed by atoms with E-state index in [2.05, 4.69) is 37.7 Å². The van der Waals surface area contributed by atoms with Crippen molar-refractivity contribution >= 4 is 44.6 Å². The molecule has 5 heteroatoms. The third-order valence-electron chi connectivity index (χ3n) is 1.84. The number of nitrogens with one attached hydrogen (secondary N) is 1. The Balaban J connectivity index is 2.02. The zero-order valence-electron chi connectivity index (χ0n) is 7.71. The van der Waals surface area contributed by atoms with Crippen molar-refractivity contribution in [1.29, 1.82) is 0 Å². The normalized spacial score (nSPS) is 10.3. The Morgan fingerprint density at radius 1 is 1.53 bits per heavy atom. The number of nitrogens with zero attached hydrogens (tertiary/aromatic N) is 1. The first kappa shape index (κ1) is 10.9. The Morgan fingerprint density at radius 3 is 3.07 bits per heavy atom.